The predicted molar refractivity (Wildman–Crippen MR) is 84.5 cm³/mol. The standard InChI is InChI=1S/C16H25N3O4/c1-9-5-4-6-12(10(9)2)17-15(21)11(3)23-16(22)13-7-8-14(20)19-18-13/h9-12H,4-8H2,1-3H3,(H,17,21)(H,19,20)/t9-,10-,11-,12-/m1/s1. The largest absolute Gasteiger partial charge is 0.448 e. The maximum Gasteiger partial charge on any atom is 0.355 e. The predicted octanol–water partition coefficient (Wildman–Crippen LogP) is 1.12. The number of nitrogens with zero attached hydrogens (tertiary/aromatic N) is 1. The zero-order valence-corrected chi connectivity index (χ0v) is 13.9. The van der Waals surface area contributed by atoms with Gasteiger partial charge in [-0.3, -0.25) is 9.59 Å². The van der Waals surface area contributed by atoms with Gasteiger partial charge in [0, 0.05) is 18.9 Å². The molecule has 1 aliphatic carbocycles. The van der Waals surface area contributed by atoms with Gasteiger partial charge in [0.15, 0.2) is 6.10 Å². The van der Waals surface area contributed by atoms with Crippen molar-refractivity contribution in [2.45, 2.75) is 65.0 Å². The van der Waals surface area contributed by atoms with Crippen molar-refractivity contribution in [3.63, 3.8) is 0 Å². The molecule has 1 heterocycles. The average molecular weight is 323 g/mol. The Balaban J connectivity index is 1.85. The Morgan fingerprint density at radius 1 is 1.30 bits per heavy atom. The zero-order valence-electron chi connectivity index (χ0n) is 13.9. The van der Waals surface area contributed by atoms with Crippen LogP contribution in [-0.4, -0.2) is 35.6 Å². The van der Waals surface area contributed by atoms with Crippen LogP contribution in [0.2, 0.25) is 0 Å². The molecule has 0 saturated heterocycles. The smallest absolute Gasteiger partial charge is 0.355 e. The van der Waals surface area contributed by atoms with Crippen LogP contribution in [-0.2, 0) is 19.1 Å². The van der Waals surface area contributed by atoms with E-state index in [9.17, 15) is 14.4 Å². The summed E-state index contributed by atoms with van der Waals surface area (Å²) in [5, 5.41) is 6.66. The van der Waals surface area contributed by atoms with E-state index in [1.54, 1.807) is 6.92 Å². The number of hydrogen-bond acceptors (Lipinski definition) is 5. The Hall–Kier alpha value is -1.92. The monoisotopic (exact) mass is 323 g/mol. The van der Waals surface area contributed by atoms with Crippen molar-refractivity contribution >= 4 is 23.5 Å². The lowest BCUT2D eigenvalue weighted by Gasteiger charge is -2.35. The van der Waals surface area contributed by atoms with Gasteiger partial charge in [-0.25, -0.2) is 10.2 Å². The second kappa shape index (κ2) is 7.57. The second-order valence-electron chi connectivity index (χ2n) is 6.52. The molecule has 4 atom stereocenters. The summed E-state index contributed by atoms with van der Waals surface area (Å²) < 4.78 is 5.16. The van der Waals surface area contributed by atoms with Crippen LogP contribution < -0.4 is 10.7 Å². The third-order valence-corrected chi connectivity index (χ3v) is 4.83. The number of carbonyl (C=O) groups excluding carboxylic acids is 3. The molecule has 7 heteroatoms. The summed E-state index contributed by atoms with van der Waals surface area (Å²) >= 11 is 0. The van der Waals surface area contributed by atoms with Gasteiger partial charge in [-0.15, -0.1) is 0 Å². The molecule has 0 unspecified atom stereocenters. The number of hydrogen-bond donors (Lipinski definition) is 2. The van der Waals surface area contributed by atoms with Gasteiger partial charge >= 0.3 is 5.97 Å². The number of amides is 2. The molecule has 2 rings (SSSR count). The van der Waals surface area contributed by atoms with Crippen LogP contribution in [0.5, 0.6) is 0 Å². The van der Waals surface area contributed by atoms with Crippen LogP contribution in [0.4, 0.5) is 0 Å². The van der Waals surface area contributed by atoms with Crippen LogP contribution in [0.1, 0.15) is 52.9 Å². The fourth-order valence-corrected chi connectivity index (χ4v) is 2.99. The van der Waals surface area contributed by atoms with Crippen molar-refractivity contribution in [2.75, 3.05) is 0 Å². The van der Waals surface area contributed by atoms with E-state index in [0.29, 0.717) is 11.8 Å². The molecule has 0 bridgehead atoms. The summed E-state index contributed by atoms with van der Waals surface area (Å²) in [4.78, 5) is 35.2. The van der Waals surface area contributed by atoms with Gasteiger partial charge < -0.3 is 10.1 Å². The number of esters is 1. The molecule has 23 heavy (non-hydrogen) atoms. The van der Waals surface area contributed by atoms with Crippen LogP contribution >= 0.6 is 0 Å². The number of carbonyl (C=O) groups is 3. The van der Waals surface area contributed by atoms with Gasteiger partial charge in [0.25, 0.3) is 5.91 Å². The molecular weight excluding hydrogens is 298 g/mol. The van der Waals surface area contributed by atoms with E-state index in [-0.39, 0.29) is 36.4 Å². The molecule has 0 aromatic rings. The number of rotatable bonds is 4. The Morgan fingerprint density at radius 3 is 2.70 bits per heavy atom. The maximum atomic E-state index is 12.2. The highest BCUT2D eigenvalue weighted by Crippen LogP contribution is 2.29. The van der Waals surface area contributed by atoms with Gasteiger partial charge in [-0.05, 0) is 25.2 Å². The van der Waals surface area contributed by atoms with E-state index in [4.69, 9.17) is 4.74 Å². The highest BCUT2D eigenvalue weighted by molar-refractivity contribution is 6.37. The number of hydrazone groups is 1. The fourth-order valence-electron chi connectivity index (χ4n) is 2.99. The number of ether oxygens (including phenoxy) is 1. The fraction of sp³-hybridized carbons (Fsp3) is 0.750. The third-order valence-electron chi connectivity index (χ3n) is 4.83. The Kier molecular flexibility index (Phi) is 5.74. The van der Waals surface area contributed by atoms with Crippen molar-refractivity contribution in [1.29, 1.82) is 0 Å². The number of nitrogens with one attached hydrogen (secondary N) is 2. The lowest BCUT2D eigenvalue weighted by Crippen LogP contribution is -2.48. The lowest BCUT2D eigenvalue weighted by molar-refractivity contribution is -0.149. The normalized spacial score (nSPS) is 29.1. The van der Waals surface area contributed by atoms with E-state index in [2.05, 4.69) is 29.7 Å². The van der Waals surface area contributed by atoms with E-state index in [0.717, 1.165) is 12.8 Å². The Bertz CT molecular complexity index is 517. The minimum absolute atomic E-state index is 0.124. The molecule has 2 aliphatic rings. The van der Waals surface area contributed by atoms with E-state index in [1.165, 1.54) is 6.42 Å². The Labute approximate surface area is 136 Å². The van der Waals surface area contributed by atoms with Crippen molar-refractivity contribution in [3.05, 3.63) is 0 Å². The summed E-state index contributed by atoms with van der Waals surface area (Å²) in [6, 6.07) is 0.124. The summed E-state index contributed by atoms with van der Waals surface area (Å²) in [6.07, 6.45) is 2.79. The van der Waals surface area contributed by atoms with Crippen LogP contribution in [0.25, 0.3) is 0 Å². The molecule has 0 radical (unpaired) electrons. The molecular formula is C16H25N3O4. The van der Waals surface area contributed by atoms with Gasteiger partial charge in [0.1, 0.15) is 5.71 Å². The van der Waals surface area contributed by atoms with E-state index < -0.39 is 12.1 Å². The van der Waals surface area contributed by atoms with E-state index in [1.807, 2.05) is 0 Å². The zero-order chi connectivity index (χ0) is 17.0. The molecule has 128 valence electrons. The molecule has 0 aromatic heterocycles. The van der Waals surface area contributed by atoms with Crippen LogP contribution in [0, 0.1) is 11.8 Å². The first-order chi connectivity index (χ1) is 10.9. The first kappa shape index (κ1) is 17.4. The SMILES string of the molecule is C[C@@H]1[C@H](C)CCC[C@H]1NC(=O)[C@@H](C)OC(=O)C1=NNC(=O)CC1. The molecule has 1 fully saturated rings. The second-order valence-corrected chi connectivity index (χ2v) is 6.52. The highest BCUT2D eigenvalue weighted by atomic mass is 16.5. The van der Waals surface area contributed by atoms with Crippen molar-refractivity contribution in [3.8, 4) is 0 Å². The van der Waals surface area contributed by atoms with Crippen molar-refractivity contribution in [2.24, 2.45) is 16.9 Å². The molecule has 2 N–H and O–H groups in total. The molecule has 0 aromatic carbocycles. The summed E-state index contributed by atoms with van der Waals surface area (Å²) in [7, 11) is 0. The minimum Gasteiger partial charge on any atom is -0.448 e. The molecule has 0 spiro atoms. The molecule has 2 amide bonds. The van der Waals surface area contributed by atoms with Gasteiger partial charge in [0.05, 0.1) is 0 Å². The summed E-state index contributed by atoms with van der Waals surface area (Å²) in [5.41, 5.74) is 2.38. The average Bonchev–Trinajstić information content (AvgIpc) is 2.52. The van der Waals surface area contributed by atoms with Crippen LogP contribution in [0.15, 0.2) is 5.10 Å². The van der Waals surface area contributed by atoms with Gasteiger partial charge in [-0.1, -0.05) is 26.7 Å². The van der Waals surface area contributed by atoms with Gasteiger partial charge in [-0.2, -0.15) is 5.10 Å². The van der Waals surface area contributed by atoms with Crippen molar-refractivity contribution in [1.82, 2.24) is 10.7 Å². The highest BCUT2D eigenvalue weighted by Gasteiger charge is 2.30. The first-order valence-electron chi connectivity index (χ1n) is 8.25. The first-order valence-corrected chi connectivity index (χ1v) is 8.25. The molecule has 1 aliphatic heterocycles. The van der Waals surface area contributed by atoms with Crippen LogP contribution in [0.3, 0.4) is 0 Å². The topological polar surface area (TPSA) is 96.9 Å². The lowest BCUT2D eigenvalue weighted by atomic mass is 9.78. The van der Waals surface area contributed by atoms with Crippen molar-refractivity contribution < 1.29 is 19.1 Å². The maximum absolute atomic E-state index is 12.2. The third kappa shape index (κ3) is 4.53. The Morgan fingerprint density at radius 2 is 2.04 bits per heavy atom. The quantitative estimate of drug-likeness (QED) is 0.758. The van der Waals surface area contributed by atoms with E-state index >= 15 is 0 Å². The summed E-state index contributed by atoms with van der Waals surface area (Å²) in [6.45, 7) is 5.89. The summed E-state index contributed by atoms with van der Waals surface area (Å²) in [5.74, 6) is -0.184. The van der Waals surface area contributed by atoms with Gasteiger partial charge in [0.2, 0.25) is 5.91 Å². The molecule has 7 nitrogen and oxygen atoms in total. The molecule has 1 saturated carbocycles. The minimum atomic E-state index is -0.882.